The number of ether oxygens (including phenoxy) is 1. The maximum atomic E-state index is 12.5. The zero-order chi connectivity index (χ0) is 16.4. The number of benzene rings is 2. The molecule has 3 aromatic rings. The number of carbonyl (C=O) groups is 1. The fourth-order valence-corrected chi connectivity index (χ4v) is 2.47. The van der Waals surface area contributed by atoms with E-state index in [2.05, 4.69) is 29.4 Å². The number of anilines is 1. The summed E-state index contributed by atoms with van der Waals surface area (Å²) < 4.78 is 5.38. The second kappa shape index (κ2) is 6.12. The van der Waals surface area contributed by atoms with E-state index in [0.29, 0.717) is 22.9 Å². The molecule has 3 rings (SSSR count). The molecule has 0 saturated heterocycles. The van der Waals surface area contributed by atoms with Crippen molar-refractivity contribution >= 4 is 22.5 Å². The number of methoxy groups -OCH3 is 1. The molecule has 5 heteroatoms. The van der Waals surface area contributed by atoms with Crippen molar-refractivity contribution in [1.82, 2.24) is 10.2 Å². The molecule has 0 atom stereocenters. The van der Waals surface area contributed by atoms with Gasteiger partial charge in [0.25, 0.3) is 5.91 Å². The average Bonchev–Trinajstić information content (AvgIpc) is 3.01. The standard InChI is InChI=1S/C18H19N3O2/c1-11(2)12-5-7-15(17(8-12)23-3)18(22)20-14-6-4-13-10-19-21-16(13)9-14/h4-11H,1-3H3,(H,19,21)(H,20,22). The highest BCUT2D eigenvalue weighted by Gasteiger charge is 2.14. The highest BCUT2D eigenvalue weighted by atomic mass is 16.5. The quantitative estimate of drug-likeness (QED) is 0.767. The lowest BCUT2D eigenvalue weighted by molar-refractivity contribution is 0.102. The van der Waals surface area contributed by atoms with Gasteiger partial charge in [-0.2, -0.15) is 5.10 Å². The number of amides is 1. The summed E-state index contributed by atoms with van der Waals surface area (Å²) in [6, 6.07) is 11.3. The van der Waals surface area contributed by atoms with Crippen LogP contribution < -0.4 is 10.1 Å². The Morgan fingerprint density at radius 3 is 2.78 bits per heavy atom. The largest absolute Gasteiger partial charge is 0.496 e. The zero-order valence-electron chi connectivity index (χ0n) is 13.4. The van der Waals surface area contributed by atoms with Crippen molar-refractivity contribution in [3.8, 4) is 5.75 Å². The molecule has 23 heavy (non-hydrogen) atoms. The van der Waals surface area contributed by atoms with Crippen LogP contribution in [0.2, 0.25) is 0 Å². The molecule has 0 aliphatic rings. The Kier molecular flexibility index (Phi) is 4.02. The lowest BCUT2D eigenvalue weighted by Crippen LogP contribution is -2.13. The number of carbonyl (C=O) groups excluding carboxylic acids is 1. The predicted molar refractivity (Wildman–Crippen MR) is 91.1 cm³/mol. The number of aromatic amines is 1. The lowest BCUT2D eigenvalue weighted by atomic mass is 10.0. The average molecular weight is 309 g/mol. The second-order valence-electron chi connectivity index (χ2n) is 5.74. The summed E-state index contributed by atoms with van der Waals surface area (Å²) in [5.74, 6) is 0.760. The topological polar surface area (TPSA) is 67.0 Å². The van der Waals surface area contributed by atoms with Crippen LogP contribution in [0.3, 0.4) is 0 Å². The van der Waals surface area contributed by atoms with Crippen LogP contribution >= 0.6 is 0 Å². The molecule has 0 aliphatic heterocycles. The molecule has 2 aromatic carbocycles. The zero-order valence-corrected chi connectivity index (χ0v) is 13.4. The van der Waals surface area contributed by atoms with E-state index in [-0.39, 0.29) is 5.91 Å². The first-order chi connectivity index (χ1) is 11.1. The molecular weight excluding hydrogens is 290 g/mol. The van der Waals surface area contributed by atoms with Crippen LogP contribution in [0, 0.1) is 0 Å². The molecular formula is C18H19N3O2. The van der Waals surface area contributed by atoms with Gasteiger partial charge in [-0.15, -0.1) is 0 Å². The second-order valence-corrected chi connectivity index (χ2v) is 5.74. The summed E-state index contributed by atoms with van der Waals surface area (Å²) in [6.07, 6.45) is 1.74. The van der Waals surface area contributed by atoms with E-state index >= 15 is 0 Å². The Morgan fingerprint density at radius 1 is 1.22 bits per heavy atom. The van der Waals surface area contributed by atoms with Gasteiger partial charge in [0.1, 0.15) is 5.75 Å². The number of hydrogen-bond donors (Lipinski definition) is 2. The Hall–Kier alpha value is -2.82. The van der Waals surface area contributed by atoms with Crippen molar-refractivity contribution in [2.24, 2.45) is 0 Å². The van der Waals surface area contributed by atoms with Gasteiger partial charge in [-0.3, -0.25) is 9.89 Å². The number of rotatable bonds is 4. The van der Waals surface area contributed by atoms with Crippen LogP contribution in [0.4, 0.5) is 5.69 Å². The van der Waals surface area contributed by atoms with E-state index < -0.39 is 0 Å². The summed E-state index contributed by atoms with van der Waals surface area (Å²) in [5, 5.41) is 10.8. The van der Waals surface area contributed by atoms with Crippen LogP contribution in [0.1, 0.15) is 35.7 Å². The number of H-pyrrole nitrogens is 1. The van der Waals surface area contributed by atoms with E-state index in [0.717, 1.165) is 16.5 Å². The van der Waals surface area contributed by atoms with Crippen molar-refractivity contribution < 1.29 is 9.53 Å². The summed E-state index contributed by atoms with van der Waals surface area (Å²) >= 11 is 0. The lowest BCUT2D eigenvalue weighted by Gasteiger charge is -2.13. The van der Waals surface area contributed by atoms with Crippen LogP contribution in [0.5, 0.6) is 5.75 Å². The number of hydrogen-bond acceptors (Lipinski definition) is 3. The third-order valence-corrected chi connectivity index (χ3v) is 3.84. The van der Waals surface area contributed by atoms with Crippen molar-refractivity contribution in [3.05, 3.63) is 53.7 Å². The SMILES string of the molecule is COc1cc(C(C)C)ccc1C(=O)Nc1ccc2cn[nH]c2c1. The van der Waals surface area contributed by atoms with E-state index in [1.54, 1.807) is 19.4 Å². The van der Waals surface area contributed by atoms with E-state index in [4.69, 9.17) is 4.74 Å². The first-order valence-corrected chi connectivity index (χ1v) is 7.51. The van der Waals surface area contributed by atoms with Gasteiger partial charge in [-0.1, -0.05) is 19.9 Å². The van der Waals surface area contributed by atoms with Crippen LogP contribution in [-0.2, 0) is 0 Å². The summed E-state index contributed by atoms with van der Waals surface area (Å²) in [7, 11) is 1.58. The van der Waals surface area contributed by atoms with Gasteiger partial charge in [-0.25, -0.2) is 0 Å². The summed E-state index contributed by atoms with van der Waals surface area (Å²) in [4.78, 5) is 12.5. The first kappa shape index (κ1) is 15.1. The monoisotopic (exact) mass is 309 g/mol. The van der Waals surface area contributed by atoms with E-state index in [1.165, 1.54) is 0 Å². The van der Waals surface area contributed by atoms with Gasteiger partial charge in [0, 0.05) is 11.1 Å². The summed E-state index contributed by atoms with van der Waals surface area (Å²) in [6.45, 7) is 4.21. The van der Waals surface area contributed by atoms with Gasteiger partial charge in [0.05, 0.1) is 24.4 Å². The number of aromatic nitrogens is 2. The van der Waals surface area contributed by atoms with Gasteiger partial charge in [0.2, 0.25) is 0 Å². The highest BCUT2D eigenvalue weighted by molar-refractivity contribution is 6.06. The maximum absolute atomic E-state index is 12.5. The molecule has 0 saturated carbocycles. The molecule has 2 N–H and O–H groups in total. The molecule has 1 heterocycles. The number of nitrogens with one attached hydrogen (secondary N) is 2. The molecule has 0 spiro atoms. The van der Waals surface area contributed by atoms with Crippen molar-refractivity contribution in [1.29, 1.82) is 0 Å². The van der Waals surface area contributed by atoms with Crippen molar-refractivity contribution in [2.45, 2.75) is 19.8 Å². The van der Waals surface area contributed by atoms with Gasteiger partial charge in [0.15, 0.2) is 0 Å². The highest BCUT2D eigenvalue weighted by Crippen LogP contribution is 2.26. The fraction of sp³-hybridized carbons (Fsp3) is 0.222. The Bertz CT molecular complexity index is 852. The van der Waals surface area contributed by atoms with Crippen LogP contribution in [-0.4, -0.2) is 23.2 Å². The summed E-state index contributed by atoms with van der Waals surface area (Å²) in [5.41, 5.74) is 3.24. The molecule has 1 amide bonds. The van der Waals surface area contributed by atoms with Crippen molar-refractivity contribution in [3.63, 3.8) is 0 Å². The smallest absolute Gasteiger partial charge is 0.259 e. The minimum atomic E-state index is -0.198. The van der Waals surface area contributed by atoms with E-state index in [1.807, 2.05) is 30.3 Å². The van der Waals surface area contributed by atoms with Crippen LogP contribution in [0.25, 0.3) is 10.9 Å². The number of fused-ring (bicyclic) bond motifs is 1. The minimum absolute atomic E-state index is 0.198. The molecule has 0 unspecified atom stereocenters. The van der Waals surface area contributed by atoms with Crippen molar-refractivity contribution in [2.75, 3.05) is 12.4 Å². The third-order valence-electron chi connectivity index (χ3n) is 3.84. The molecule has 0 aliphatic carbocycles. The van der Waals surface area contributed by atoms with Gasteiger partial charge in [-0.05, 0) is 41.8 Å². The van der Waals surface area contributed by atoms with E-state index in [9.17, 15) is 4.79 Å². The maximum Gasteiger partial charge on any atom is 0.259 e. The molecule has 1 aromatic heterocycles. The normalized spacial score (nSPS) is 11.0. The molecule has 0 fully saturated rings. The first-order valence-electron chi connectivity index (χ1n) is 7.51. The molecule has 0 bridgehead atoms. The van der Waals surface area contributed by atoms with Crippen LogP contribution in [0.15, 0.2) is 42.6 Å². The Morgan fingerprint density at radius 2 is 2.04 bits per heavy atom. The molecule has 5 nitrogen and oxygen atoms in total. The molecule has 0 radical (unpaired) electrons. The number of nitrogens with zero attached hydrogens (tertiary/aromatic N) is 1. The Labute approximate surface area is 134 Å². The van der Waals surface area contributed by atoms with Gasteiger partial charge >= 0.3 is 0 Å². The third kappa shape index (κ3) is 3.04. The van der Waals surface area contributed by atoms with Gasteiger partial charge < -0.3 is 10.1 Å². The predicted octanol–water partition coefficient (Wildman–Crippen LogP) is 3.95. The molecule has 118 valence electrons. The Balaban J connectivity index is 1.87. The minimum Gasteiger partial charge on any atom is -0.496 e. The fourth-order valence-electron chi connectivity index (χ4n) is 2.47.